The first-order valence-electron chi connectivity index (χ1n) is 5.00. The molecule has 0 radical (unpaired) electrons. The number of ketones is 1. The van der Waals surface area contributed by atoms with Crippen molar-refractivity contribution in [3.63, 3.8) is 0 Å². The smallest absolute Gasteiger partial charge is 0.195 e. The van der Waals surface area contributed by atoms with Crippen molar-refractivity contribution in [1.29, 1.82) is 0 Å². The van der Waals surface area contributed by atoms with Crippen molar-refractivity contribution in [2.75, 3.05) is 6.61 Å². The number of carbonyl (C=O) groups excluding carboxylic acids is 1. The Hall–Kier alpha value is -0.943. The highest BCUT2D eigenvalue weighted by Gasteiger charge is 2.06. The van der Waals surface area contributed by atoms with Crippen LogP contribution in [0.15, 0.2) is 12.4 Å². The number of ether oxygens (including phenoxy) is 1. The molecule has 0 atom stereocenters. The number of aromatic nitrogens is 2. The van der Waals surface area contributed by atoms with Crippen LogP contribution in [0.3, 0.4) is 0 Å². The number of imidazole rings is 1. The van der Waals surface area contributed by atoms with Crippen molar-refractivity contribution >= 4 is 14.6 Å². The molecule has 5 heteroatoms. The standard InChI is InChI=1S/C10H17N2O2Si/c1-9(13)10-11-4-5-12(10)8-14-6-7-15(2)3/h4-5H,6-8H2,1-3H3/q-1. The van der Waals surface area contributed by atoms with Gasteiger partial charge in [-0.3, -0.25) is 13.6 Å². The van der Waals surface area contributed by atoms with E-state index >= 15 is 0 Å². The number of hydrogen-bond donors (Lipinski definition) is 0. The van der Waals surface area contributed by atoms with E-state index in [1.165, 1.54) is 6.92 Å². The zero-order valence-electron chi connectivity index (χ0n) is 9.49. The van der Waals surface area contributed by atoms with Crippen molar-refractivity contribution in [1.82, 2.24) is 9.55 Å². The van der Waals surface area contributed by atoms with Gasteiger partial charge in [-0.1, -0.05) is 0 Å². The first-order chi connectivity index (χ1) is 7.11. The van der Waals surface area contributed by atoms with Crippen molar-refractivity contribution in [2.24, 2.45) is 0 Å². The molecule has 0 N–H and O–H groups in total. The maximum atomic E-state index is 11.1. The molecule has 0 aliphatic carbocycles. The van der Waals surface area contributed by atoms with Crippen LogP contribution in [0.25, 0.3) is 0 Å². The lowest BCUT2D eigenvalue weighted by atomic mass is 10.4. The zero-order chi connectivity index (χ0) is 11.3. The van der Waals surface area contributed by atoms with Crippen molar-refractivity contribution in [2.45, 2.75) is 32.8 Å². The molecule has 1 heterocycles. The third-order valence-corrected chi connectivity index (χ3v) is 3.21. The Bertz CT molecular complexity index is 323. The fourth-order valence-corrected chi connectivity index (χ4v) is 1.72. The lowest BCUT2D eigenvalue weighted by molar-refractivity contribution is 0.0808. The van der Waals surface area contributed by atoms with Crippen LogP contribution in [-0.2, 0) is 11.5 Å². The number of rotatable bonds is 6. The minimum absolute atomic E-state index is 0.0284. The van der Waals surface area contributed by atoms with E-state index < -0.39 is 0 Å². The van der Waals surface area contributed by atoms with E-state index in [4.69, 9.17) is 4.74 Å². The molecule has 1 rings (SSSR count). The van der Waals surface area contributed by atoms with E-state index in [1.54, 1.807) is 17.0 Å². The summed E-state index contributed by atoms with van der Waals surface area (Å²) < 4.78 is 7.21. The second-order valence-electron chi connectivity index (χ2n) is 3.77. The molecule has 1 aromatic rings. The summed E-state index contributed by atoms with van der Waals surface area (Å²) in [6, 6.07) is 1.13. The number of carbonyl (C=O) groups is 1. The van der Waals surface area contributed by atoms with Crippen LogP contribution in [0.1, 0.15) is 17.5 Å². The van der Waals surface area contributed by atoms with E-state index in [2.05, 4.69) is 18.1 Å². The molecule has 0 aromatic carbocycles. The summed E-state index contributed by atoms with van der Waals surface area (Å²) in [6.45, 7) is 7.21. The van der Waals surface area contributed by atoms with Gasteiger partial charge in [-0.15, -0.1) is 0 Å². The van der Waals surface area contributed by atoms with Gasteiger partial charge in [-0.2, -0.15) is 19.1 Å². The SMILES string of the molecule is CC(=O)c1nccn1COCC[Si-](C)C. The largest absolute Gasteiger partial charge is 0.364 e. The summed E-state index contributed by atoms with van der Waals surface area (Å²) in [5.74, 6) is 0.438. The Morgan fingerprint density at radius 2 is 2.33 bits per heavy atom. The lowest BCUT2D eigenvalue weighted by Gasteiger charge is -2.15. The van der Waals surface area contributed by atoms with Crippen LogP contribution in [0.2, 0.25) is 19.1 Å². The molecule has 0 aliphatic heterocycles. The average Bonchev–Trinajstić information content (AvgIpc) is 2.60. The number of Topliss-reactive ketones (excluding diaryl/α,β-unsaturated/α-hetero) is 1. The number of hydrogen-bond acceptors (Lipinski definition) is 3. The second kappa shape index (κ2) is 5.82. The summed E-state index contributed by atoms with van der Waals surface area (Å²) in [5.41, 5.74) is 0. The predicted octanol–water partition coefficient (Wildman–Crippen LogP) is 1.81. The van der Waals surface area contributed by atoms with Gasteiger partial charge in [-0.25, -0.2) is 4.98 Å². The quantitative estimate of drug-likeness (QED) is 0.421. The summed E-state index contributed by atoms with van der Waals surface area (Å²) >= 11 is 0. The minimum atomic E-state index is -0.218. The highest BCUT2D eigenvalue weighted by molar-refractivity contribution is 6.55. The van der Waals surface area contributed by atoms with E-state index in [-0.39, 0.29) is 14.6 Å². The van der Waals surface area contributed by atoms with Crippen LogP contribution < -0.4 is 0 Å². The fraction of sp³-hybridized carbons (Fsp3) is 0.600. The van der Waals surface area contributed by atoms with Gasteiger partial charge in [0.2, 0.25) is 0 Å². The molecule has 0 fully saturated rings. The van der Waals surface area contributed by atoms with Gasteiger partial charge in [0.05, 0.1) is 0 Å². The normalized spacial score (nSPS) is 10.9. The first-order valence-corrected chi connectivity index (χ1v) is 7.71. The Labute approximate surface area is 91.9 Å². The third kappa shape index (κ3) is 3.97. The molecule has 4 nitrogen and oxygen atoms in total. The van der Waals surface area contributed by atoms with E-state index in [1.807, 2.05) is 0 Å². The summed E-state index contributed by atoms with van der Waals surface area (Å²) in [7, 11) is -0.218. The molecule has 1 aromatic heterocycles. The lowest BCUT2D eigenvalue weighted by Crippen LogP contribution is -2.12. The maximum absolute atomic E-state index is 11.1. The van der Waals surface area contributed by atoms with E-state index in [9.17, 15) is 4.79 Å². The second-order valence-corrected chi connectivity index (χ2v) is 6.69. The molecule has 0 saturated heterocycles. The van der Waals surface area contributed by atoms with Crippen LogP contribution in [-0.4, -0.2) is 30.7 Å². The van der Waals surface area contributed by atoms with Crippen LogP contribution in [0.4, 0.5) is 0 Å². The van der Waals surface area contributed by atoms with Gasteiger partial charge < -0.3 is 9.30 Å². The van der Waals surface area contributed by atoms with Crippen LogP contribution in [0.5, 0.6) is 0 Å². The average molecular weight is 225 g/mol. The molecule has 15 heavy (non-hydrogen) atoms. The zero-order valence-corrected chi connectivity index (χ0v) is 10.5. The Balaban J connectivity index is 2.37. The third-order valence-electron chi connectivity index (χ3n) is 2.01. The molecule has 0 amide bonds. The molecule has 0 spiro atoms. The first kappa shape index (κ1) is 12.1. The minimum Gasteiger partial charge on any atom is -0.364 e. The Morgan fingerprint density at radius 3 is 2.93 bits per heavy atom. The highest BCUT2D eigenvalue weighted by Crippen LogP contribution is 2.00. The van der Waals surface area contributed by atoms with E-state index in [0.29, 0.717) is 12.6 Å². The van der Waals surface area contributed by atoms with Crippen molar-refractivity contribution in [3.05, 3.63) is 18.2 Å². The van der Waals surface area contributed by atoms with Gasteiger partial charge in [-0.05, 0) is 0 Å². The molecule has 0 bridgehead atoms. The molecular formula is C10H17N2O2Si-. The molecular weight excluding hydrogens is 208 g/mol. The number of nitrogens with zero attached hydrogens (tertiary/aromatic N) is 2. The Kier molecular flexibility index (Phi) is 4.71. The molecule has 0 aliphatic rings. The van der Waals surface area contributed by atoms with Gasteiger partial charge >= 0.3 is 0 Å². The topological polar surface area (TPSA) is 44.1 Å². The summed E-state index contributed by atoms with van der Waals surface area (Å²) in [4.78, 5) is 15.1. The van der Waals surface area contributed by atoms with Gasteiger partial charge in [0.1, 0.15) is 6.73 Å². The molecule has 0 saturated carbocycles. The summed E-state index contributed by atoms with van der Waals surface area (Å²) in [6.07, 6.45) is 3.38. The van der Waals surface area contributed by atoms with Crippen molar-refractivity contribution in [3.8, 4) is 0 Å². The highest BCUT2D eigenvalue weighted by atomic mass is 28.3. The molecule has 0 unspecified atom stereocenters. The summed E-state index contributed by atoms with van der Waals surface area (Å²) in [5, 5.41) is 0. The van der Waals surface area contributed by atoms with Crippen molar-refractivity contribution < 1.29 is 9.53 Å². The van der Waals surface area contributed by atoms with E-state index in [0.717, 1.165) is 12.7 Å². The monoisotopic (exact) mass is 225 g/mol. The maximum Gasteiger partial charge on any atom is 0.195 e. The van der Waals surface area contributed by atoms with Gasteiger partial charge in [0.25, 0.3) is 0 Å². The predicted molar refractivity (Wildman–Crippen MR) is 60.5 cm³/mol. The van der Waals surface area contributed by atoms with Crippen LogP contribution >= 0.6 is 0 Å². The van der Waals surface area contributed by atoms with Gasteiger partial charge in [0.15, 0.2) is 11.6 Å². The van der Waals surface area contributed by atoms with Crippen LogP contribution in [0, 0.1) is 0 Å². The fourth-order valence-electron chi connectivity index (χ4n) is 1.17. The molecule has 84 valence electrons. The Morgan fingerprint density at radius 1 is 1.60 bits per heavy atom. The van der Waals surface area contributed by atoms with Gasteiger partial charge in [0, 0.05) is 25.9 Å².